The van der Waals surface area contributed by atoms with Gasteiger partial charge in [0.25, 0.3) is 0 Å². The molecule has 2 rings (SSSR count). The Morgan fingerprint density at radius 3 is 2.47 bits per heavy atom. The number of carbonyl (C=O) groups is 1. The molecule has 1 aromatic heterocycles. The molecule has 0 unspecified atom stereocenters. The SMILES string of the molecule is Nc1sc(-c2ccc(OC(F)F)cc2)nc1C(=O)O. The van der Waals surface area contributed by atoms with Crippen LogP contribution in [0.15, 0.2) is 24.3 Å². The number of hydrogen-bond acceptors (Lipinski definition) is 5. The quantitative estimate of drug-likeness (QED) is 0.902. The zero-order valence-electron chi connectivity index (χ0n) is 9.34. The van der Waals surface area contributed by atoms with E-state index in [0.29, 0.717) is 10.6 Å². The molecule has 100 valence electrons. The number of nitrogens with zero attached hydrogens (tertiary/aromatic N) is 1. The van der Waals surface area contributed by atoms with E-state index in [4.69, 9.17) is 10.8 Å². The molecule has 0 bridgehead atoms. The number of halogens is 2. The van der Waals surface area contributed by atoms with E-state index < -0.39 is 12.6 Å². The third-order valence-corrected chi connectivity index (χ3v) is 3.12. The normalized spacial score (nSPS) is 10.7. The molecule has 1 heterocycles. The minimum Gasteiger partial charge on any atom is -0.476 e. The van der Waals surface area contributed by atoms with E-state index in [1.807, 2.05) is 0 Å². The highest BCUT2D eigenvalue weighted by atomic mass is 32.1. The van der Waals surface area contributed by atoms with Crippen molar-refractivity contribution in [3.8, 4) is 16.3 Å². The van der Waals surface area contributed by atoms with Gasteiger partial charge in [0, 0.05) is 5.56 Å². The molecule has 8 heteroatoms. The average Bonchev–Trinajstić information content (AvgIpc) is 2.71. The molecular formula is C11H8F2N2O3S. The van der Waals surface area contributed by atoms with E-state index in [2.05, 4.69) is 9.72 Å². The second-order valence-electron chi connectivity index (χ2n) is 3.44. The van der Waals surface area contributed by atoms with Crippen LogP contribution in [0.4, 0.5) is 13.8 Å². The van der Waals surface area contributed by atoms with Gasteiger partial charge in [-0.15, -0.1) is 0 Å². The highest BCUT2D eigenvalue weighted by Gasteiger charge is 2.16. The van der Waals surface area contributed by atoms with Crippen molar-refractivity contribution in [2.75, 3.05) is 5.73 Å². The number of aromatic carboxylic acids is 1. The van der Waals surface area contributed by atoms with Gasteiger partial charge in [0.15, 0.2) is 5.69 Å². The van der Waals surface area contributed by atoms with Gasteiger partial charge in [-0.1, -0.05) is 11.3 Å². The first-order valence-corrected chi connectivity index (χ1v) is 5.84. The molecule has 2 aromatic rings. The Hall–Kier alpha value is -2.22. The molecule has 0 aliphatic heterocycles. The molecular weight excluding hydrogens is 278 g/mol. The van der Waals surface area contributed by atoms with Crippen LogP contribution in [0.5, 0.6) is 5.75 Å². The number of carboxylic acid groups (broad SMARTS) is 1. The standard InChI is InChI=1S/C11H8F2N2O3S/c12-11(13)18-6-3-1-5(2-4-6)9-15-7(10(16)17)8(14)19-9/h1-4,11H,14H2,(H,16,17). The van der Waals surface area contributed by atoms with Crippen LogP contribution in [0.25, 0.3) is 10.6 Å². The Balaban J connectivity index is 2.27. The smallest absolute Gasteiger partial charge is 0.387 e. The maximum atomic E-state index is 12.0. The van der Waals surface area contributed by atoms with Crippen LogP contribution in [0.3, 0.4) is 0 Å². The van der Waals surface area contributed by atoms with Crippen molar-refractivity contribution >= 4 is 22.3 Å². The van der Waals surface area contributed by atoms with Crippen molar-refractivity contribution in [2.24, 2.45) is 0 Å². The number of carboxylic acids is 1. The monoisotopic (exact) mass is 286 g/mol. The second kappa shape index (κ2) is 5.19. The lowest BCUT2D eigenvalue weighted by Gasteiger charge is -2.04. The van der Waals surface area contributed by atoms with Gasteiger partial charge in [0.1, 0.15) is 15.8 Å². The number of nitrogen functional groups attached to an aromatic ring is 1. The maximum Gasteiger partial charge on any atom is 0.387 e. The Morgan fingerprint density at radius 2 is 2.00 bits per heavy atom. The number of hydrogen-bond donors (Lipinski definition) is 2. The molecule has 19 heavy (non-hydrogen) atoms. The van der Waals surface area contributed by atoms with Crippen molar-refractivity contribution < 1.29 is 23.4 Å². The molecule has 0 amide bonds. The predicted octanol–water partition coefficient (Wildman–Crippen LogP) is 2.69. The molecule has 0 saturated heterocycles. The summed E-state index contributed by atoms with van der Waals surface area (Å²) in [5, 5.41) is 9.32. The lowest BCUT2D eigenvalue weighted by molar-refractivity contribution is -0.0498. The fraction of sp³-hybridized carbons (Fsp3) is 0.0909. The Kier molecular flexibility index (Phi) is 3.61. The molecule has 0 fully saturated rings. The van der Waals surface area contributed by atoms with Gasteiger partial charge in [0.2, 0.25) is 0 Å². The zero-order valence-corrected chi connectivity index (χ0v) is 10.2. The van der Waals surface area contributed by atoms with E-state index in [0.717, 1.165) is 11.3 Å². The van der Waals surface area contributed by atoms with Crippen molar-refractivity contribution in [3.05, 3.63) is 30.0 Å². The highest BCUT2D eigenvalue weighted by molar-refractivity contribution is 7.19. The molecule has 0 atom stereocenters. The first-order valence-electron chi connectivity index (χ1n) is 5.02. The van der Waals surface area contributed by atoms with Gasteiger partial charge in [-0.05, 0) is 24.3 Å². The van der Waals surface area contributed by atoms with Gasteiger partial charge < -0.3 is 15.6 Å². The largest absolute Gasteiger partial charge is 0.476 e. The van der Waals surface area contributed by atoms with Gasteiger partial charge in [-0.2, -0.15) is 8.78 Å². The molecule has 0 aliphatic rings. The molecule has 0 radical (unpaired) electrons. The van der Waals surface area contributed by atoms with Crippen LogP contribution in [-0.2, 0) is 0 Å². The van der Waals surface area contributed by atoms with Crippen molar-refractivity contribution in [3.63, 3.8) is 0 Å². The van der Waals surface area contributed by atoms with Gasteiger partial charge >= 0.3 is 12.6 Å². The first-order chi connectivity index (χ1) is 8.97. The van der Waals surface area contributed by atoms with E-state index >= 15 is 0 Å². The third kappa shape index (κ3) is 2.97. The topological polar surface area (TPSA) is 85.4 Å². The number of nitrogens with two attached hydrogens (primary N) is 1. The summed E-state index contributed by atoms with van der Waals surface area (Å²) in [6.45, 7) is -2.89. The fourth-order valence-corrected chi connectivity index (χ4v) is 2.22. The highest BCUT2D eigenvalue weighted by Crippen LogP contribution is 2.31. The minimum atomic E-state index is -2.89. The number of ether oxygens (including phenoxy) is 1. The summed E-state index contributed by atoms with van der Waals surface area (Å²) in [4.78, 5) is 14.7. The van der Waals surface area contributed by atoms with Gasteiger partial charge in [0.05, 0.1) is 0 Å². The molecule has 0 saturated carbocycles. The van der Waals surface area contributed by atoms with Crippen LogP contribution < -0.4 is 10.5 Å². The number of aromatic nitrogens is 1. The van der Waals surface area contributed by atoms with Crippen molar-refractivity contribution in [2.45, 2.75) is 6.61 Å². The van der Waals surface area contributed by atoms with Crippen LogP contribution in [0.2, 0.25) is 0 Å². The molecule has 0 spiro atoms. The molecule has 0 aliphatic carbocycles. The predicted molar refractivity (Wildman–Crippen MR) is 65.6 cm³/mol. The lowest BCUT2D eigenvalue weighted by Crippen LogP contribution is -2.01. The summed E-state index contributed by atoms with van der Waals surface area (Å²) < 4.78 is 28.2. The molecule has 5 nitrogen and oxygen atoms in total. The Labute approximate surface area is 110 Å². The van der Waals surface area contributed by atoms with Crippen molar-refractivity contribution in [1.82, 2.24) is 4.98 Å². The van der Waals surface area contributed by atoms with E-state index in [1.54, 1.807) is 0 Å². The Morgan fingerprint density at radius 1 is 1.37 bits per heavy atom. The third-order valence-electron chi connectivity index (χ3n) is 2.18. The number of rotatable bonds is 4. The van der Waals surface area contributed by atoms with Gasteiger partial charge in [-0.25, -0.2) is 9.78 Å². The number of alkyl halides is 2. The maximum absolute atomic E-state index is 12.0. The fourth-order valence-electron chi connectivity index (χ4n) is 1.39. The van der Waals surface area contributed by atoms with Gasteiger partial charge in [-0.3, -0.25) is 0 Å². The van der Waals surface area contributed by atoms with Crippen LogP contribution >= 0.6 is 11.3 Å². The van der Waals surface area contributed by atoms with E-state index in [9.17, 15) is 13.6 Å². The van der Waals surface area contributed by atoms with E-state index in [-0.39, 0.29) is 16.4 Å². The molecule has 1 aromatic carbocycles. The lowest BCUT2D eigenvalue weighted by atomic mass is 10.2. The van der Waals surface area contributed by atoms with Crippen LogP contribution in [0, 0.1) is 0 Å². The summed E-state index contributed by atoms with van der Waals surface area (Å²) in [5.41, 5.74) is 5.89. The Bertz CT molecular complexity index is 598. The number of anilines is 1. The van der Waals surface area contributed by atoms with Crippen LogP contribution in [-0.4, -0.2) is 22.7 Å². The van der Waals surface area contributed by atoms with Crippen LogP contribution in [0.1, 0.15) is 10.5 Å². The second-order valence-corrected chi connectivity index (χ2v) is 4.47. The summed E-state index contributed by atoms with van der Waals surface area (Å²) in [6, 6.07) is 5.70. The summed E-state index contributed by atoms with van der Waals surface area (Å²) >= 11 is 1.01. The summed E-state index contributed by atoms with van der Waals surface area (Å²) in [5.74, 6) is -1.20. The van der Waals surface area contributed by atoms with Crippen molar-refractivity contribution in [1.29, 1.82) is 0 Å². The molecule has 3 N–H and O–H groups in total. The number of thiazole rings is 1. The summed E-state index contributed by atoms with van der Waals surface area (Å²) in [6.07, 6.45) is 0. The number of benzene rings is 1. The average molecular weight is 286 g/mol. The summed E-state index contributed by atoms with van der Waals surface area (Å²) in [7, 11) is 0. The first kappa shape index (κ1) is 13.2. The zero-order chi connectivity index (χ0) is 14.0. The van der Waals surface area contributed by atoms with E-state index in [1.165, 1.54) is 24.3 Å². The minimum absolute atomic E-state index is 0.0155.